The third-order valence-corrected chi connectivity index (χ3v) is 7.92. The van der Waals surface area contributed by atoms with Crippen LogP contribution in [0.25, 0.3) is 5.57 Å². The predicted molar refractivity (Wildman–Crippen MR) is 143 cm³/mol. The van der Waals surface area contributed by atoms with E-state index in [0.717, 1.165) is 61.3 Å². The van der Waals surface area contributed by atoms with Crippen LogP contribution in [0.2, 0.25) is 0 Å². The maximum Gasteiger partial charge on any atom is 0.435 e. The second-order valence-electron chi connectivity index (χ2n) is 12.1. The number of aryl methyl sites for hydroxylation is 1. The fourth-order valence-corrected chi connectivity index (χ4v) is 5.87. The lowest BCUT2D eigenvalue weighted by Crippen LogP contribution is -2.44. The first-order valence-corrected chi connectivity index (χ1v) is 13.9. The summed E-state index contributed by atoms with van der Waals surface area (Å²) in [6.07, 6.45) is 15.3. The quantitative estimate of drug-likeness (QED) is 0.481. The number of hydrogen-bond donors (Lipinski definition) is 0. The molecular formula is C31H37N3O3. The van der Waals surface area contributed by atoms with Gasteiger partial charge in [-0.1, -0.05) is 29.9 Å². The highest BCUT2D eigenvalue weighted by Crippen LogP contribution is 2.44. The van der Waals surface area contributed by atoms with Gasteiger partial charge in [0.2, 0.25) is 0 Å². The van der Waals surface area contributed by atoms with E-state index >= 15 is 0 Å². The molecule has 6 heteroatoms. The first kappa shape index (κ1) is 24.2. The topological polar surface area (TPSA) is 64.4 Å². The maximum atomic E-state index is 13.8. The van der Waals surface area contributed by atoms with Gasteiger partial charge in [-0.15, -0.1) is 0 Å². The Labute approximate surface area is 219 Å². The normalized spacial score (nSPS) is 21.5. The van der Waals surface area contributed by atoms with Gasteiger partial charge < -0.3 is 9.64 Å². The molecule has 1 aromatic carbocycles. The van der Waals surface area contributed by atoms with Gasteiger partial charge in [0.1, 0.15) is 5.60 Å². The van der Waals surface area contributed by atoms with Crippen LogP contribution in [0.1, 0.15) is 92.9 Å². The van der Waals surface area contributed by atoms with Gasteiger partial charge in [0, 0.05) is 23.8 Å². The molecule has 1 atom stereocenters. The largest absolute Gasteiger partial charge is 0.442 e. The average molecular weight is 500 g/mol. The second kappa shape index (κ2) is 9.30. The Hall–Kier alpha value is -3.15. The lowest BCUT2D eigenvalue weighted by molar-refractivity contribution is 0.0513. The van der Waals surface area contributed by atoms with Gasteiger partial charge in [-0.25, -0.2) is 4.79 Å². The molecule has 2 saturated carbocycles. The van der Waals surface area contributed by atoms with Gasteiger partial charge in [0.15, 0.2) is 0 Å². The molecule has 0 spiro atoms. The molecule has 37 heavy (non-hydrogen) atoms. The fraction of sp³-hybridized carbons (Fsp3) is 0.516. The second-order valence-corrected chi connectivity index (χ2v) is 12.1. The van der Waals surface area contributed by atoms with Gasteiger partial charge in [-0.2, -0.15) is 9.78 Å². The minimum absolute atomic E-state index is 0.119. The van der Waals surface area contributed by atoms with E-state index in [1.807, 2.05) is 32.9 Å². The molecule has 1 amide bonds. The number of carbonyl (C=O) groups is 2. The van der Waals surface area contributed by atoms with Crippen molar-refractivity contribution < 1.29 is 14.3 Å². The van der Waals surface area contributed by atoms with Crippen molar-refractivity contribution in [1.82, 2.24) is 14.7 Å². The van der Waals surface area contributed by atoms with Crippen molar-refractivity contribution in [3.05, 3.63) is 70.6 Å². The number of amides is 1. The first-order valence-electron chi connectivity index (χ1n) is 13.9. The monoisotopic (exact) mass is 499 g/mol. The van der Waals surface area contributed by atoms with E-state index in [-0.39, 0.29) is 11.9 Å². The van der Waals surface area contributed by atoms with Crippen molar-refractivity contribution in [1.29, 1.82) is 0 Å². The number of ether oxygens (including phenoxy) is 1. The number of rotatable bonds is 5. The van der Waals surface area contributed by atoms with E-state index in [9.17, 15) is 9.59 Å². The Morgan fingerprint density at radius 3 is 2.43 bits per heavy atom. The molecule has 194 valence electrons. The molecule has 2 aromatic rings. The lowest BCUT2D eigenvalue weighted by atomic mass is 9.89. The van der Waals surface area contributed by atoms with Gasteiger partial charge in [0.25, 0.3) is 5.91 Å². The van der Waals surface area contributed by atoms with Crippen LogP contribution in [0.3, 0.4) is 0 Å². The van der Waals surface area contributed by atoms with Crippen LogP contribution in [-0.2, 0) is 17.6 Å². The number of allylic oxidation sites excluding steroid dienone is 4. The average Bonchev–Trinajstić information content (AvgIpc) is 3.81. The van der Waals surface area contributed by atoms with Crippen LogP contribution in [0, 0.1) is 5.92 Å². The molecule has 0 aliphatic heterocycles. The SMILES string of the molecule is CC(C)(C)OC(=O)n1cc2c(n1)CCC(N(C(=O)c1ccc(C3=C(C4CC4)CCC=C3)cc1)C1CC1)C2. The van der Waals surface area contributed by atoms with Crippen molar-refractivity contribution in [3.8, 4) is 0 Å². The number of benzene rings is 1. The Morgan fingerprint density at radius 1 is 1.00 bits per heavy atom. The van der Waals surface area contributed by atoms with Crippen LogP contribution in [0.5, 0.6) is 0 Å². The van der Waals surface area contributed by atoms with E-state index in [0.29, 0.717) is 6.04 Å². The highest BCUT2D eigenvalue weighted by Gasteiger charge is 2.40. The van der Waals surface area contributed by atoms with Gasteiger partial charge in [0.05, 0.1) is 5.69 Å². The van der Waals surface area contributed by atoms with Crippen molar-refractivity contribution in [2.75, 3.05) is 0 Å². The number of aromatic nitrogens is 2. The van der Waals surface area contributed by atoms with Crippen LogP contribution in [0.4, 0.5) is 4.79 Å². The van der Waals surface area contributed by atoms with E-state index in [2.05, 4.69) is 34.3 Å². The lowest BCUT2D eigenvalue weighted by Gasteiger charge is -2.34. The molecule has 4 aliphatic carbocycles. The van der Waals surface area contributed by atoms with Crippen molar-refractivity contribution in [3.63, 3.8) is 0 Å². The van der Waals surface area contributed by atoms with Crippen LogP contribution in [-0.4, -0.2) is 44.4 Å². The van der Waals surface area contributed by atoms with Crippen LogP contribution in [0.15, 0.2) is 48.2 Å². The summed E-state index contributed by atoms with van der Waals surface area (Å²) in [6, 6.07) is 8.73. The fourth-order valence-electron chi connectivity index (χ4n) is 5.87. The third kappa shape index (κ3) is 5.16. The number of fused-ring (bicyclic) bond motifs is 1. The molecule has 1 unspecified atom stereocenters. The highest BCUT2D eigenvalue weighted by atomic mass is 16.6. The highest BCUT2D eigenvalue weighted by molar-refractivity contribution is 5.95. The van der Waals surface area contributed by atoms with Gasteiger partial charge in [-0.05, 0) is 113 Å². The van der Waals surface area contributed by atoms with E-state index < -0.39 is 11.7 Å². The molecule has 0 saturated heterocycles. The zero-order valence-electron chi connectivity index (χ0n) is 22.2. The van der Waals surface area contributed by atoms with Crippen LogP contribution < -0.4 is 0 Å². The smallest absolute Gasteiger partial charge is 0.435 e. The van der Waals surface area contributed by atoms with Crippen molar-refractivity contribution >= 4 is 17.6 Å². The summed E-state index contributed by atoms with van der Waals surface area (Å²) in [5.74, 6) is 0.889. The predicted octanol–water partition coefficient (Wildman–Crippen LogP) is 6.34. The van der Waals surface area contributed by atoms with Crippen LogP contribution >= 0.6 is 0 Å². The molecule has 6 nitrogen and oxygen atoms in total. The zero-order chi connectivity index (χ0) is 25.7. The summed E-state index contributed by atoms with van der Waals surface area (Å²) in [6.45, 7) is 5.56. The number of hydrogen-bond acceptors (Lipinski definition) is 4. The van der Waals surface area contributed by atoms with E-state index in [1.54, 1.807) is 11.8 Å². The molecular weight excluding hydrogens is 462 g/mol. The third-order valence-electron chi connectivity index (χ3n) is 7.92. The summed E-state index contributed by atoms with van der Waals surface area (Å²) in [5.41, 5.74) is 6.37. The summed E-state index contributed by atoms with van der Waals surface area (Å²) in [5, 5.41) is 4.50. The molecule has 1 aromatic heterocycles. The molecule has 6 rings (SSSR count). The van der Waals surface area contributed by atoms with E-state index in [4.69, 9.17) is 4.74 Å². The summed E-state index contributed by atoms with van der Waals surface area (Å²) < 4.78 is 6.81. The van der Waals surface area contributed by atoms with Gasteiger partial charge in [-0.3, -0.25) is 4.79 Å². The summed E-state index contributed by atoms with van der Waals surface area (Å²) in [7, 11) is 0. The minimum atomic E-state index is -0.569. The molecule has 2 fully saturated rings. The maximum absolute atomic E-state index is 13.8. The van der Waals surface area contributed by atoms with Crippen molar-refractivity contribution in [2.24, 2.45) is 5.92 Å². The first-order chi connectivity index (χ1) is 17.8. The number of carbonyl (C=O) groups excluding carboxylic acids is 2. The van der Waals surface area contributed by atoms with Gasteiger partial charge >= 0.3 is 6.09 Å². The zero-order valence-corrected chi connectivity index (χ0v) is 22.2. The Morgan fingerprint density at radius 2 is 1.76 bits per heavy atom. The Balaban J connectivity index is 1.19. The van der Waals surface area contributed by atoms with Crippen molar-refractivity contribution in [2.45, 2.75) is 96.2 Å². The Bertz CT molecular complexity index is 1270. The molecule has 0 N–H and O–H groups in total. The Kier molecular flexibility index (Phi) is 6.09. The summed E-state index contributed by atoms with van der Waals surface area (Å²) in [4.78, 5) is 28.4. The molecule has 4 aliphatic rings. The molecule has 0 bridgehead atoms. The molecule has 0 radical (unpaired) electrons. The molecule has 1 heterocycles. The standard InChI is InChI=1S/C31H37N3O3/c1-31(2,3)37-30(36)33-19-23-18-25(16-17-28(23)32-33)34(24-14-15-24)29(35)22-12-10-21(11-13-22)27-7-5-4-6-26(27)20-8-9-20/h5,7,10-13,19-20,24-25H,4,6,8-9,14-18H2,1-3H3. The number of nitrogens with zero attached hydrogens (tertiary/aromatic N) is 3. The van der Waals surface area contributed by atoms with E-state index in [1.165, 1.54) is 35.1 Å². The summed E-state index contributed by atoms with van der Waals surface area (Å²) >= 11 is 0. The minimum Gasteiger partial charge on any atom is -0.442 e.